The van der Waals surface area contributed by atoms with E-state index in [1.165, 1.54) is 24.3 Å². The van der Waals surface area contributed by atoms with Crippen LogP contribution in [0.15, 0.2) is 57.9 Å². The van der Waals surface area contributed by atoms with Crippen LogP contribution in [-0.4, -0.2) is 28.5 Å². The van der Waals surface area contributed by atoms with Gasteiger partial charge in [-0.1, -0.05) is 28.9 Å². The Morgan fingerprint density at radius 1 is 1.15 bits per heavy atom. The zero-order valence-corrected chi connectivity index (χ0v) is 16.8. The summed E-state index contributed by atoms with van der Waals surface area (Å²) in [4.78, 5) is 12.0. The first-order valence-electron chi connectivity index (χ1n) is 7.55. The van der Waals surface area contributed by atoms with E-state index in [1.54, 1.807) is 31.2 Å². The van der Waals surface area contributed by atoms with E-state index in [1.807, 2.05) is 0 Å². The summed E-state index contributed by atoms with van der Waals surface area (Å²) in [5.41, 5.74) is 0.510. The molecule has 1 atom stereocenters. The highest BCUT2D eigenvalue weighted by Crippen LogP contribution is 2.29. The average molecular weight is 459 g/mol. The Kier molecular flexibility index (Phi) is 4.84. The van der Waals surface area contributed by atoms with Crippen LogP contribution < -0.4 is 9.03 Å². The molecule has 1 fully saturated rings. The molecule has 1 amide bonds. The van der Waals surface area contributed by atoms with Crippen molar-refractivity contribution in [2.75, 3.05) is 14.8 Å². The number of halogens is 1. The van der Waals surface area contributed by atoms with Gasteiger partial charge in [-0.2, -0.15) is 0 Å². The van der Waals surface area contributed by atoms with E-state index in [0.717, 1.165) is 8.78 Å². The third-order valence-electron chi connectivity index (χ3n) is 3.82. The van der Waals surface area contributed by atoms with Gasteiger partial charge >= 0.3 is 0 Å². The second-order valence-electron chi connectivity index (χ2n) is 5.89. The molecule has 3 rings (SSSR count). The fraction of sp³-hybridized carbons (Fsp3) is 0.188. The van der Waals surface area contributed by atoms with Crippen LogP contribution >= 0.6 is 15.9 Å². The van der Waals surface area contributed by atoms with Crippen molar-refractivity contribution in [2.45, 2.75) is 11.8 Å². The fourth-order valence-corrected chi connectivity index (χ4v) is 5.88. The van der Waals surface area contributed by atoms with Crippen molar-refractivity contribution in [3.8, 4) is 0 Å². The molecule has 1 N–H and O–H groups in total. The van der Waals surface area contributed by atoms with Crippen molar-refractivity contribution in [1.29, 1.82) is 0 Å². The highest BCUT2D eigenvalue weighted by atomic mass is 79.9. The Bertz CT molecular complexity index is 1070. The molecule has 0 radical (unpaired) electrons. The van der Waals surface area contributed by atoms with Crippen molar-refractivity contribution in [1.82, 2.24) is 0 Å². The second kappa shape index (κ2) is 6.67. The first-order chi connectivity index (χ1) is 12.1. The Labute approximate surface area is 160 Å². The molecule has 1 heterocycles. The van der Waals surface area contributed by atoms with E-state index in [-0.39, 0.29) is 16.3 Å². The summed E-state index contributed by atoms with van der Waals surface area (Å²) in [5, 5.41) is 0. The maximum absolute atomic E-state index is 12.5. The molecule has 10 heteroatoms. The normalized spacial score (nSPS) is 19.5. The lowest BCUT2D eigenvalue weighted by atomic mass is 10.2. The lowest BCUT2D eigenvalue weighted by molar-refractivity contribution is -0.119. The van der Waals surface area contributed by atoms with E-state index in [2.05, 4.69) is 20.7 Å². The first-order valence-corrected chi connectivity index (χ1v) is 11.4. The summed E-state index contributed by atoms with van der Waals surface area (Å²) in [7, 11) is -7.57. The summed E-state index contributed by atoms with van der Waals surface area (Å²) in [5.74, 6) is -1.40. The number of anilines is 2. The summed E-state index contributed by atoms with van der Waals surface area (Å²) in [6, 6.07) is 11.8. The van der Waals surface area contributed by atoms with E-state index in [9.17, 15) is 21.6 Å². The number of nitrogens with zero attached hydrogens (tertiary/aromatic N) is 1. The van der Waals surface area contributed by atoms with Crippen molar-refractivity contribution < 1.29 is 21.6 Å². The highest BCUT2D eigenvalue weighted by Gasteiger charge is 2.41. The van der Waals surface area contributed by atoms with Crippen molar-refractivity contribution >= 4 is 53.3 Å². The lowest BCUT2D eigenvalue weighted by Crippen LogP contribution is -2.30. The predicted molar refractivity (Wildman–Crippen MR) is 102 cm³/mol. The number of hydrogen-bond donors (Lipinski definition) is 1. The number of benzene rings is 2. The number of carbonyl (C=O) groups excluding carboxylic acids is 1. The molecule has 2 aromatic rings. The summed E-state index contributed by atoms with van der Waals surface area (Å²) < 4.78 is 53.0. The third-order valence-corrected chi connectivity index (χ3v) is 7.58. The van der Waals surface area contributed by atoms with Gasteiger partial charge in [0.1, 0.15) is 0 Å². The van der Waals surface area contributed by atoms with Gasteiger partial charge in [0.25, 0.3) is 10.0 Å². The first kappa shape index (κ1) is 18.9. The van der Waals surface area contributed by atoms with Gasteiger partial charge in [0.15, 0.2) is 0 Å². The van der Waals surface area contributed by atoms with Crippen LogP contribution in [0.2, 0.25) is 0 Å². The molecule has 1 aliphatic heterocycles. The zero-order chi connectivity index (χ0) is 19.1. The fourth-order valence-electron chi connectivity index (χ4n) is 2.61. The van der Waals surface area contributed by atoms with Crippen LogP contribution in [0.1, 0.15) is 6.92 Å². The average Bonchev–Trinajstić information content (AvgIpc) is 2.74. The molecule has 138 valence electrons. The van der Waals surface area contributed by atoms with Gasteiger partial charge < -0.3 is 0 Å². The third kappa shape index (κ3) is 3.62. The van der Waals surface area contributed by atoms with Crippen LogP contribution in [-0.2, 0) is 24.8 Å². The van der Waals surface area contributed by atoms with Gasteiger partial charge in [-0.25, -0.2) is 21.1 Å². The van der Waals surface area contributed by atoms with Gasteiger partial charge in [-0.15, -0.1) is 0 Å². The minimum absolute atomic E-state index is 0.0432. The van der Waals surface area contributed by atoms with Crippen LogP contribution in [0, 0.1) is 5.92 Å². The predicted octanol–water partition coefficient (Wildman–Crippen LogP) is 2.56. The van der Waals surface area contributed by atoms with E-state index in [4.69, 9.17) is 0 Å². The van der Waals surface area contributed by atoms with E-state index in [0.29, 0.717) is 5.69 Å². The molecule has 26 heavy (non-hydrogen) atoms. The van der Waals surface area contributed by atoms with E-state index < -0.39 is 31.9 Å². The van der Waals surface area contributed by atoms with Crippen molar-refractivity contribution in [3.05, 3.63) is 53.0 Å². The minimum Gasteiger partial charge on any atom is -0.280 e. The Hall–Kier alpha value is -1.91. The van der Waals surface area contributed by atoms with Crippen LogP contribution in [0.3, 0.4) is 0 Å². The Morgan fingerprint density at radius 2 is 1.81 bits per heavy atom. The topological polar surface area (TPSA) is 101 Å². The van der Waals surface area contributed by atoms with Gasteiger partial charge in [0, 0.05) is 10.2 Å². The number of nitrogens with one attached hydrogen (secondary N) is 1. The zero-order valence-electron chi connectivity index (χ0n) is 13.6. The summed E-state index contributed by atoms with van der Waals surface area (Å²) in [6.45, 7) is 1.54. The van der Waals surface area contributed by atoms with Crippen molar-refractivity contribution in [3.63, 3.8) is 0 Å². The molecule has 0 spiro atoms. The summed E-state index contributed by atoms with van der Waals surface area (Å²) >= 11 is 3.27. The van der Waals surface area contributed by atoms with Crippen LogP contribution in [0.25, 0.3) is 0 Å². The number of amides is 1. The number of hydrogen-bond acceptors (Lipinski definition) is 5. The quantitative estimate of drug-likeness (QED) is 0.758. The van der Waals surface area contributed by atoms with Gasteiger partial charge in [0.05, 0.1) is 22.3 Å². The second-order valence-corrected chi connectivity index (χ2v) is 10.4. The minimum atomic E-state index is -3.85. The molecule has 0 aliphatic carbocycles. The molecule has 2 aromatic carbocycles. The molecule has 0 bridgehead atoms. The molecular weight excluding hydrogens is 444 g/mol. The van der Waals surface area contributed by atoms with Crippen LogP contribution in [0.5, 0.6) is 0 Å². The smallest absolute Gasteiger partial charge is 0.261 e. The Balaban J connectivity index is 1.89. The molecule has 0 unspecified atom stereocenters. The molecule has 7 nitrogen and oxygen atoms in total. The standard InChI is InChI=1S/C16H15BrN2O5S2/c1-11-10-25(21,22)19(16(11)20)14-5-7-15(8-6-14)26(23,24)18-13-4-2-3-12(17)9-13/h2-9,11,18H,10H2,1H3/t11-/m0/s1. The monoisotopic (exact) mass is 458 g/mol. The van der Waals surface area contributed by atoms with Crippen molar-refractivity contribution in [2.24, 2.45) is 5.92 Å². The number of carbonyl (C=O) groups is 1. The number of rotatable bonds is 4. The molecule has 1 aliphatic rings. The van der Waals surface area contributed by atoms with Gasteiger partial charge in [0.2, 0.25) is 15.9 Å². The lowest BCUT2D eigenvalue weighted by Gasteiger charge is -2.16. The summed E-state index contributed by atoms with van der Waals surface area (Å²) in [6.07, 6.45) is 0. The number of sulfonamides is 2. The molecular formula is C16H15BrN2O5S2. The maximum atomic E-state index is 12.5. The molecule has 1 saturated heterocycles. The SMILES string of the molecule is C[C@H]1CS(=O)(=O)N(c2ccc(S(=O)(=O)Nc3cccc(Br)c3)cc2)C1=O. The largest absolute Gasteiger partial charge is 0.280 e. The molecule has 0 aromatic heterocycles. The highest BCUT2D eigenvalue weighted by molar-refractivity contribution is 9.10. The molecule has 0 saturated carbocycles. The maximum Gasteiger partial charge on any atom is 0.261 e. The van der Waals surface area contributed by atoms with Gasteiger partial charge in [-0.3, -0.25) is 9.52 Å². The van der Waals surface area contributed by atoms with Crippen LogP contribution in [0.4, 0.5) is 11.4 Å². The van der Waals surface area contributed by atoms with Gasteiger partial charge in [-0.05, 0) is 42.5 Å². The van der Waals surface area contributed by atoms with E-state index >= 15 is 0 Å². The Morgan fingerprint density at radius 3 is 2.35 bits per heavy atom.